The lowest BCUT2D eigenvalue weighted by Gasteiger charge is -2.20. The number of Topliss-reactive ketones (excluding diaryl/α,β-unsaturated/α-hetero) is 1. The Morgan fingerprint density at radius 3 is 2.33 bits per heavy atom. The quantitative estimate of drug-likeness (QED) is 0.390. The Labute approximate surface area is 72.5 Å². The number of carbonyl (C=O) groups excluding carboxylic acids is 1. The van der Waals surface area contributed by atoms with Crippen molar-refractivity contribution < 1.29 is 10.0 Å². The van der Waals surface area contributed by atoms with E-state index in [1.807, 2.05) is 0 Å². The fourth-order valence-corrected chi connectivity index (χ4v) is 1.82. The molecule has 1 aliphatic carbocycles. The summed E-state index contributed by atoms with van der Waals surface area (Å²) in [6.07, 6.45) is 5.54. The molecule has 1 fully saturated rings. The standard InChI is InChI=1S/C9H15NO2/c1-7(11)9(10-12)8-5-3-2-4-6-8/h8,12H,2-6H2,1H3/b10-9+. The van der Waals surface area contributed by atoms with E-state index in [0.717, 1.165) is 25.7 Å². The molecule has 0 unspecified atom stereocenters. The van der Waals surface area contributed by atoms with Crippen LogP contribution >= 0.6 is 0 Å². The molecular formula is C9H15NO2. The maximum atomic E-state index is 11.0. The maximum absolute atomic E-state index is 11.0. The van der Waals surface area contributed by atoms with E-state index in [1.165, 1.54) is 13.3 Å². The van der Waals surface area contributed by atoms with Crippen molar-refractivity contribution in [3.8, 4) is 0 Å². The van der Waals surface area contributed by atoms with Crippen molar-refractivity contribution in [3.63, 3.8) is 0 Å². The molecular weight excluding hydrogens is 154 g/mol. The molecule has 1 aliphatic rings. The van der Waals surface area contributed by atoms with Crippen LogP contribution in [-0.2, 0) is 4.79 Å². The molecule has 0 spiro atoms. The second kappa shape index (κ2) is 4.24. The van der Waals surface area contributed by atoms with Gasteiger partial charge in [0.1, 0.15) is 5.71 Å². The first-order valence-electron chi connectivity index (χ1n) is 4.48. The van der Waals surface area contributed by atoms with Crippen molar-refractivity contribution in [1.29, 1.82) is 0 Å². The van der Waals surface area contributed by atoms with Crippen LogP contribution in [0, 0.1) is 5.92 Å². The lowest BCUT2D eigenvalue weighted by Crippen LogP contribution is -2.23. The lowest BCUT2D eigenvalue weighted by atomic mass is 9.84. The van der Waals surface area contributed by atoms with Gasteiger partial charge in [0, 0.05) is 12.8 Å². The van der Waals surface area contributed by atoms with Gasteiger partial charge in [0.2, 0.25) is 0 Å². The van der Waals surface area contributed by atoms with Crippen molar-refractivity contribution in [3.05, 3.63) is 0 Å². The molecule has 0 amide bonds. The molecule has 0 saturated heterocycles. The van der Waals surface area contributed by atoms with Gasteiger partial charge in [0.05, 0.1) is 0 Å². The average molecular weight is 169 g/mol. The maximum Gasteiger partial charge on any atom is 0.177 e. The first-order valence-corrected chi connectivity index (χ1v) is 4.48. The highest BCUT2D eigenvalue weighted by molar-refractivity contribution is 6.39. The number of rotatable bonds is 2. The van der Waals surface area contributed by atoms with E-state index in [-0.39, 0.29) is 11.7 Å². The van der Waals surface area contributed by atoms with E-state index >= 15 is 0 Å². The number of ketones is 1. The van der Waals surface area contributed by atoms with Gasteiger partial charge in [-0.1, -0.05) is 24.4 Å². The normalized spacial score (nSPS) is 20.9. The monoisotopic (exact) mass is 169 g/mol. The Kier molecular flexibility index (Phi) is 3.26. The third kappa shape index (κ3) is 2.06. The van der Waals surface area contributed by atoms with E-state index in [1.54, 1.807) is 0 Å². The molecule has 3 nitrogen and oxygen atoms in total. The topological polar surface area (TPSA) is 49.7 Å². The SMILES string of the molecule is CC(=O)/C(=N\O)C1CCCCC1. The van der Waals surface area contributed by atoms with Crippen molar-refractivity contribution in [1.82, 2.24) is 0 Å². The van der Waals surface area contributed by atoms with E-state index in [0.29, 0.717) is 5.71 Å². The van der Waals surface area contributed by atoms with Crippen LogP contribution in [0.4, 0.5) is 0 Å². The Morgan fingerprint density at radius 2 is 1.92 bits per heavy atom. The van der Waals surface area contributed by atoms with Gasteiger partial charge in [0.25, 0.3) is 0 Å². The molecule has 1 rings (SSSR count). The van der Waals surface area contributed by atoms with Gasteiger partial charge in [-0.3, -0.25) is 4.79 Å². The fraction of sp³-hybridized carbons (Fsp3) is 0.778. The zero-order valence-corrected chi connectivity index (χ0v) is 7.42. The summed E-state index contributed by atoms with van der Waals surface area (Å²) in [4.78, 5) is 11.0. The van der Waals surface area contributed by atoms with Crippen LogP contribution in [0.2, 0.25) is 0 Å². The number of carbonyl (C=O) groups is 1. The van der Waals surface area contributed by atoms with Crippen molar-refractivity contribution in [2.24, 2.45) is 11.1 Å². The number of oxime groups is 1. The summed E-state index contributed by atoms with van der Waals surface area (Å²) in [5.74, 6) is 0.116. The zero-order valence-electron chi connectivity index (χ0n) is 7.42. The van der Waals surface area contributed by atoms with Crippen LogP contribution < -0.4 is 0 Å². The summed E-state index contributed by atoms with van der Waals surface area (Å²) in [6.45, 7) is 1.46. The first-order chi connectivity index (χ1) is 5.75. The van der Waals surface area contributed by atoms with Crippen molar-refractivity contribution in [2.75, 3.05) is 0 Å². The minimum Gasteiger partial charge on any atom is -0.411 e. The predicted octanol–water partition coefficient (Wildman–Crippen LogP) is 1.99. The minimum absolute atomic E-state index is 0.0931. The summed E-state index contributed by atoms with van der Waals surface area (Å²) in [5.41, 5.74) is 0.370. The highest BCUT2D eigenvalue weighted by Gasteiger charge is 2.22. The average Bonchev–Trinajstić information content (AvgIpc) is 2.07. The Balaban J connectivity index is 2.59. The molecule has 3 heteroatoms. The van der Waals surface area contributed by atoms with Gasteiger partial charge in [-0.2, -0.15) is 0 Å². The molecule has 0 radical (unpaired) electrons. The molecule has 68 valence electrons. The zero-order chi connectivity index (χ0) is 8.97. The summed E-state index contributed by atoms with van der Waals surface area (Å²) >= 11 is 0. The van der Waals surface area contributed by atoms with E-state index in [2.05, 4.69) is 5.16 Å². The molecule has 1 saturated carbocycles. The van der Waals surface area contributed by atoms with Gasteiger partial charge >= 0.3 is 0 Å². The molecule has 1 N–H and O–H groups in total. The molecule has 0 heterocycles. The van der Waals surface area contributed by atoms with Crippen LogP contribution in [0.25, 0.3) is 0 Å². The van der Waals surface area contributed by atoms with Gasteiger partial charge in [-0.05, 0) is 12.8 Å². The third-order valence-corrected chi connectivity index (χ3v) is 2.46. The fourth-order valence-electron chi connectivity index (χ4n) is 1.82. The number of hydrogen-bond acceptors (Lipinski definition) is 3. The van der Waals surface area contributed by atoms with Crippen molar-refractivity contribution >= 4 is 11.5 Å². The smallest absolute Gasteiger partial charge is 0.177 e. The third-order valence-electron chi connectivity index (χ3n) is 2.46. The van der Waals surface area contributed by atoms with Crippen LogP contribution in [0.5, 0.6) is 0 Å². The molecule has 0 aromatic heterocycles. The van der Waals surface area contributed by atoms with Crippen LogP contribution in [-0.4, -0.2) is 16.7 Å². The molecule has 0 bridgehead atoms. The van der Waals surface area contributed by atoms with Crippen LogP contribution in [0.3, 0.4) is 0 Å². The summed E-state index contributed by atoms with van der Waals surface area (Å²) < 4.78 is 0. The highest BCUT2D eigenvalue weighted by Crippen LogP contribution is 2.25. The van der Waals surface area contributed by atoms with Crippen LogP contribution in [0.15, 0.2) is 5.16 Å². The Hall–Kier alpha value is -0.860. The van der Waals surface area contributed by atoms with E-state index < -0.39 is 0 Å². The molecule has 0 aromatic carbocycles. The van der Waals surface area contributed by atoms with Crippen LogP contribution in [0.1, 0.15) is 39.0 Å². The van der Waals surface area contributed by atoms with E-state index in [4.69, 9.17) is 5.21 Å². The summed E-state index contributed by atoms with van der Waals surface area (Å²) in [7, 11) is 0. The summed E-state index contributed by atoms with van der Waals surface area (Å²) in [6, 6.07) is 0. The Bertz CT molecular complexity index is 193. The van der Waals surface area contributed by atoms with Crippen molar-refractivity contribution in [2.45, 2.75) is 39.0 Å². The number of nitrogens with zero attached hydrogens (tertiary/aromatic N) is 1. The lowest BCUT2D eigenvalue weighted by molar-refractivity contribution is -0.111. The van der Waals surface area contributed by atoms with Gasteiger partial charge < -0.3 is 5.21 Å². The van der Waals surface area contributed by atoms with Gasteiger partial charge in [0.15, 0.2) is 5.78 Å². The second-order valence-electron chi connectivity index (χ2n) is 3.38. The van der Waals surface area contributed by atoms with E-state index in [9.17, 15) is 4.79 Å². The Morgan fingerprint density at radius 1 is 1.33 bits per heavy atom. The highest BCUT2D eigenvalue weighted by atomic mass is 16.4. The summed E-state index contributed by atoms with van der Waals surface area (Å²) in [5, 5.41) is 11.7. The molecule has 0 aliphatic heterocycles. The van der Waals surface area contributed by atoms with Gasteiger partial charge in [-0.25, -0.2) is 0 Å². The second-order valence-corrected chi connectivity index (χ2v) is 3.38. The van der Waals surface area contributed by atoms with Gasteiger partial charge in [-0.15, -0.1) is 0 Å². The largest absolute Gasteiger partial charge is 0.411 e. The molecule has 0 aromatic rings. The molecule has 12 heavy (non-hydrogen) atoms. The predicted molar refractivity (Wildman–Crippen MR) is 46.5 cm³/mol. The molecule has 0 atom stereocenters. The number of hydrogen-bond donors (Lipinski definition) is 1. The minimum atomic E-state index is -0.0931. The first kappa shape index (κ1) is 9.23.